The molecule has 3 aromatic heterocycles. The summed E-state index contributed by atoms with van der Waals surface area (Å²) in [6, 6.07) is 55.9. The minimum atomic E-state index is 0.599. The SMILES string of the molecule is c1ccc(-c2nc(-c3cc4ccc5ccccc5c4c4sc5ccc6ccccc6c5c34)nc(-n3c4ccccc4c4ccccc43)n2)cc1. The first-order valence-corrected chi connectivity index (χ1v) is 17.6. The largest absolute Gasteiger partial charge is 0.278 e. The van der Waals surface area contributed by atoms with Gasteiger partial charge in [-0.3, -0.25) is 4.57 Å². The van der Waals surface area contributed by atoms with E-state index >= 15 is 0 Å². The van der Waals surface area contributed by atoms with E-state index in [2.05, 4.69) is 144 Å². The first-order valence-electron chi connectivity index (χ1n) is 16.8. The fraction of sp³-hybridized carbons (Fsp3) is 0. The fourth-order valence-corrected chi connectivity index (χ4v) is 9.12. The van der Waals surface area contributed by atoms with Crippen molar-refractivity contribution in [2.45, 2.75) is 0 Å². The second-order valence-corrected chi connectivity index (χ2v) is 13.8. The summed E-state index contributed by atoms with van der Waals surface area (Å²) in [5.41, 5.74) is 4.08. The molecule has 4 nitrogen and oxygen atoms in total. The third-order valence-corrected chi connectivity index (χ3v) is 11.2. The van der Waals surface area contributed by atoms with Gasteiger partial charge in [-0.05, 0) is 51.2 Å². The zero-order chi connectivity index (χ0) is 32.8. The van der Waals surface area contributed by atoms with Crippen LogP contribution in [0.2, 0.25) is 0 Å². The number of hydrogen-bond acceptors (Lipinski definition) is 4. The summed E-state index contributed by atoms with van der Waals surface area (Å²) in [6.07, 6.45) is 0. The Morgan fingerprint density at radius 3 is 1.70 bits per heavy atom. The van der Waals surface area contributed by atoms with Crippen molar-refractivity contribution in [1.82, 2.24) is 19.5 Å². The lowest BCUT2D eigenvalue weighted by Gasteiger charge is -2.13. The quantitative estimate of drug-likeness (QED) is 0.178. The van der Waals surface area contributed by atoms with Gasteiger partial charge in [0.2, 0.25) is 5.95 Å². The van der Waals surface area contributed by atoms with E-state index in [9.17, 15) is 0 Å². The number of para-hydroxylation sites is 2. The second-order valence-electron chi connectivity index (χ2n) is 12.8. The minimum Gasteiger partial charge on any atom is -0.278 e. The van der Waals surface area contributed by atoms with Crippen molar-refractivity contribution in [2.75, 3.05) is 0 Å². The molecule has 232 valence electrons. The lowest BCUT2D eigenvalue weighted by Crippen LogP contribution is -2.06. The Balaban J connectivity index is 1.32. The highest BCUT2D eigenvalue weighted by atomic mass is 32.1. The molecule has 0 amide bonds. The van der Waals surface area contributed by atoms with E-state index < -0.39 is 0 Å². The lowest BCUT2D eigenvalue weighted by molar-refractivity contribution is 0.954. The Bertz CT molecular complexity index is 3100. The normalized spacial score (nSPS) is 12.0. The summed E-state index contributed by atoms with van der Waals surface area (Å²) in [4.78, 5) is 15.9. The van der Waals surface area contributed by atoms with Crippen molar-refractivity contribution in [3.63, 3.8) is 0 Å². The van der Waals surface area contributed by atoms with Gasteiger partial charge in [-0.25, -0.2) is 4.98 Å². The molecular formula is C45H26N4S. The molecule has 0 aliphatic carbocycles. The predicted molar refractivity (Wildman–Crippen MR) is 210 cm³/mol. The van der Waals surface area contributed by atoms with E-state index in [-0.39, 0.29) is 0 Å². The molecule has 3 heterocycles. The van der Waals surface area contributed by atoms with Crippen molar-refractivity contribution >= 4 is 85.6 Å². The molecule has 0 atom stereocenters. The van der Waals surface area contributed by atoms with Crippen LogP contribution in [0.15, 0.2) is 158 Å². The Morgan fingerprint density at radius 1 is 0.420 bits per heavy atom. The third-order valence-electron chi connectivity index (χ3n) is 10.0. The van der Waals surface area contributed by atoms with Crippen LogP contribution in [0, 0.1) is 0 Å². The van der Waals surface area contributed by atoms with Gasteiger partial charge in [0, 0.05) is 47.5 Å². The summed E-state index contributed by atoms with van der Waals surface area (Å²) in [5, 5.41) is 12.1. The highest BCUT2D eigenvalue weighted by molar-refractivity contribution is 7.27. The number of aromatic nitrogens is 4. The number of hydrogen-bond donors (Lipinski definition) is 0. The molecule has 0 saturated carbocycles. The maximum Gasteiger partial charge on any atom is 0.238 e. The van der Waals surface area contributed by atoms with Crippen LogP contribution in [0.4, 0.5) is 0 Å². The molecule has 11 aromatic rings. The maximum atomic E-state index is 5.40. The van der Waals surface area contributed by atoms with Gasteiger partial charge in [-0.15, -0.1) is 11.3 Å². The number of benzene rings is 8. The number of thiophene rings is 1. The van der Waals surface area contributed by atoms with Crippen molar-refractivity contribution in [1.29, 1.82) is 0 Å². The Kier molecular flexibility index (Phi) is 5.80. The van der Waals surface area contributed by atoms with Gasteiger partial charge in [-0.1, -0.05) is 133 Å². The van der Waals surface area contributed by atoms with Crippen LogP contribution < -0.4 is 0 Å². The summed E-state index contributed by atoms with van der Waals surface area (Å²) in [6.45, 7) is 0. The van der Waals surface area contributed by atoms with E-state index in [4.69, 9.17) is 15.0 Å². The summed E-state index contributed by atoms with van der Waals surface area (Å²) < 4.78 is 4.69. The molecule has 0 radical (unpaired) electrons. The zero-order valence-corrected chi connectivity index (χ0v) is 27.5. The highest BCUT2D eigenvalue weighted by Crippen LogP contribution is 2.48. The Hall–Kier alpha value is -6.43. The summed E-state index contributed by atoms with van der Waals surface area (Å²) >= 11 is 1.86. The average molecular weight is 655 g/mol. The Morgan fingerprint density at radius 2 is 0.980 bits per heavy atom. The van der Waals surface area contributed by atoms with Gasteiger partial charge in [0.25, 0.3) is 0 Å². The number of nitrogens with zero attached hydrogens (tertiary/aromatic N) is 4. The van der Waals surface area contributed by atoms with Gasteiger partial charge in [-0.2, -0.15) is 9.97 Å². The molecule has 11 rings (SSSR count). The van der Waals surface area contributed by atoms with Gasteiger partial charge in [0.15, 0.2) is 11.6 Å². The first-order chi connectivity index (χ1) is 24.8. The molecule has 0 aliphatic rings. The van der Waals surface area contributed by atoms with Gasteiger partial charge < -0.3 is 0 Å². The van der Waals surface area contributed by atoms with Crippen LogP contribution in [0.25, 0.3) is 103 Å². The van der Waals surface area contributed by atoms with E-state index in [1.807, 2.05) is 29.5 Å². The molecule has 0 N–H and O–H groups in total. The molecule has 0 bridgehead atoms. The molecule has 5 heteroatoms. The molecular weight excluding hydrogens is 629 g/mol. The lowest BCUT2D eigenvalue weighted by atomic mass is 9.94. The van der Waals surface area contributed by atoms with E-state index in [0.717, 1.165) is 22.2 Å². The van der Waals surface area contributed by atoms with E-state index in [1.54, 1.807) is 0 Å². The monoisotopic (exact) mass is 654 g/mol. The van der Waals surface area contributed by atoms with Crippen LogP contribution in [0.5, 0.6) is 0 Å². The van der Waals surface area contributed by atoms with E-state index in [0.29, 0.717) is 17.6 Å². The zero-order valence-electron chi connectivity index (χ0n) is 26.7. The van der Waals surface area contributed by atoms with Crippen molar-refractivity contribution in [3.8, 4) is 28.7 Å². The highest BCUT2D eigenvalue weighted by Gasteiger charge is 2.22. The predicted octanol–water partition coefficient (Wildman–Crippen LogP) is 12.1. The smallest absolute Gasteiger partial charge is 0.238 e. The van der Waals surface area contributed by atoms with Crippen molar-refractivity contribution in [3.05, 3.63) is 158 Å². The van der Waals surface area contributed by atoms with Gasteiger partial charge in [0.05, 0.1) is 11.0 Å². The third kappa shape index (κ3) is 3.95. The second kappa shape index (κ2) is 10.5. The van der Waals surface area contributed by atoms with E-state index in [1.165, 1.54) is 63.3 Å². The molecule has 50 heavy (non-hydrogen) atoms. The number of rotatable bonds is 3. The fourth-order valence-electron chi connectivity index (χ4n) is 7.81. The number of fused-ring (bicyclic) bond motifs is 12. The molecule has 0 spiro atoms. The van der Waals surface area contributed by atoms with Gasteiger partial charge >= 0.3 is 0 Å². The Labute approximate surface area is 290 Å². The molecule has 0 unspecified atom stereocenters. The molecule has 0 fully saturated rings. The average Bonchev–Trinajstić information content (AvgIpc) is 3.74. The maximum absolute atomic E-state index is 5.40. The van der Waals surface area contributed by atoms with Crippen LogP contribution in [-0.2, 0) is 0 Å². The van der Waals surface area contributed by atoms with Crippen LogP contribution in [0.3, 0.4) is 0 Å². The van der Waals surface area contributed by atoms with Crippen LogP contribution in [0.1, 0.15) is 0 Å². The summed E-state index contributed by atoms with van der Waals surface area (Å²) in [5.74, 6) is 1.90. The van der Waals surface area contributed by atoms with Crippen LogP contribution in [-0.4, -0.2) is 19.5 Å². The minimum absolute atomic E-state index is 0.599. The topological polar surface area (TPSA) is 43.6 Å². The standard InChI is InChI=1S/C45H26N4S/c1-2-14-29(15-3-1)43-46-44(48-45(47-43)49-36-20-10-8-18-33(36)34-19-9-11-21-37(34)49)35-26-30-23-22-27-12-4-6-16-31(27)39(30)42-41(35)40-32-17-7-5-13-28(32)24-25-38(40)50-42/h1-26H. The molecule has 0 aliphatic heterocycles. The van der Waals surface area contributed by atoms with Crippen molar-refractivity contribution in [2.24, 2.45) is 0 Å². The summed E-state index contributed by atoms with van der Waals surface area (Å²) in [7, 11) is 0. The van der Waals surface area contributed by atoms with Crippen molar-refractivity contribution < 1.29 is 0 Å². The molecule has 8 aromatic carbocycles. The molecule has 0 saturated heterocycles. The van der Waals surface area contributed by atoms with Crippen LogP contribution >= 0.6 is 11.3 Å². The van der Waals surface area contributed by atoms with Gasteiger partial charge in [0.1, 0.15) is 0 Å². The first kappa shape index (κ1) is 27.5.